The number of anilines is 1. The van der Waals surface area contributed by atoms with Gasteiger partial charge < -0.3 is 24.8 Å². The molecule has 3 rings (SSSR count). The molecule has 17 heteroatoms. The second-order valence-corrected chi connectivity index (χ2v) is 10.1. The molecule has 2 aromatic rings. The van der Waals surface area contributed by atoms with Crippen LogP contribution in [0.3, 0.4) is 0 Å². The number of nitrogens with zero attached hydrogens (tertiary/aromatic N) is 5. The number of carbonyl (C=O) groups is 1. The average molecular weight is 555 g/mol. The van der Waals surface area contributed by atoms with Crippen LogP contribution in [-0.4, -0.2) is 57.6 Å². The highest BCUT2D eigenvalue weighted by atomic mass is 31.2. The number of aliphatic hydroxyl groups is 1. The second-order valence-electron chi connectivity index (χ2n) is 8.37. The summed E-state index contributed by atoms with van der Waals surface area (Å²) in [5, 5.41) is 17.0. The van der Waals surface area contributed by atoms with Gasteiger partial charge in [0, 0.05) is 11.1 Å². The van der Waals surface area contributed by atoms with E-state index in [4.69, 9.17) is 29.8 Å². The van der Waals surface area contributed by atoms with E-state index in [1.807, 2.05) is 0 Å². The molecule has 206 valence electrons. The Labute approximate surface area is 215 Å². The molecule has 1 aliphatic heterocycles. The minimum atomic E-state index is -4.40. The van der Waals surface area contributed by atoms with E-state index in [9.17, 15) is 23.7 Å². The zero-order valence-corrected chi connectivity index (χ0v) is 21.5. The van der Waals surface area contributed by atoms with Crippen LogP contribution in [0.2, 0.25) is 0 Å². The van der Waals surface area contributed by atoms with Gasteiger partial charge in [0.05, 0.1) is 19.3 Å². The van der Waals surface area contributed by atoms with Crippen molar-refractivity contribution in [3.05, 3.63) is 63.3 Å². The Bertz CT molecular complexity index is 1310. The molecule has 1 aromatic heterocycles. The van der Waals surface area contributed by atoms with E-state index in [2.05, 4.69) is 20.1 Å². The van der Waals surface area contributed by atoms with Crippen molar-refractivity contribution in [2.45, 2.75) is 50.8 Å². The first kappa shape index (κ1) is 29.0. The lowest BCUT2D eigenvalue weighted by Gasteiger charge is -2.28. The molecule has 1 fully saturated rings. The van der Waals surface area contributed by atoms with Crippen LogP contribution >= 0.6 is 7.75 Å². The van der Waals surface area contributed by atoms with E-state index >= 15 is 0 Å². The highest BCUT2D eigenvalue weighted by molar-refractivity contribution is 7.52. The predicted octanol–water partition coefficient (Wildman–Crippen LogP) is 2.04. The SMILES string of the molecule is CCOC(=O)[C@H](C)NP(=O)(OC[C@H]1O[C@@H](n2ccc(N)nc2=O)[C@](C)(N=[N+]=[N-])[C@@H]1O)Oc1ccc(F)cc1. The molecular formula is C21H27FN7O8P. The molecule has 1 saturated heterocycles. The van der Waals surface area contributed by atoms with Crippen molar-refractivity contribution >= 4 is 19.5 Å². The number of rotatable bonds is 11. The molecule has 2 heterocycles. The number of carbonyl (C=O) groups excluding carboxylic acids is 1. The molecule has 0 amide bonds. The largest absolute Gasteiger partial charge is 0.465 e. The number of benzene rings is 1. The van der Waals surface area contributed by atoms with Crippen LogP contribution in [0.5, 0.6) is 5.75 Å². The molecule has 0 radical (unpaired) electrons. The number of nitrogen functional groups attached to an aromatic ring is 1. The van der Waals surface area contributed by atoms with Crippen molar-refractivity contribution in [3.8, 4) is 5.75 Å². The third kappa shape index (κ3) is 6.48. The Morgan fingerprint density at radius 3 is 2.74 bits per heavy atom. The van der Waals surface area contributed by atoms with Gasteiger partial charge in [-0.3, -0.25) is 13.9 Å². The zero-order chi connectivity index (χ0) is 28.1. The van der Waals surface area contributed by atoms with Gasteiger partial charge >= 0.3 is 19.4 Å². The lowest BCUT2D eigenvalue weighted by Crippen LogP contribution is -2.45. The van der Waals surface area contributed by atoms with Gasteiger partial charge in [0.15, 0.2) is 6.23 Å². The van der Waals surface area contributed by atoms with E-state index in [0.29, 0.717) is 0 Å². The highest BCUT2D eigenvalue weighted by Gasteiger charge is 2.55. The van der Waals surface area contributed by atoms with Crippen molar-refractivity contribution in [2.75, 3.05) is 18.9 Å². The van der Waals surface area contributed by atoms with Crippen molar-refractivity contribution in [3.63, 3.8) is 0 Å². The first-order valence-electron chi connectivity index (χ1n) is 11.3. The summed E-state index contributed by atoms with van der Waals surface area (Å²) >= 11 is 0. The van der Waals surface area contributed by atoms with E-state index in [1.54, 1.807) is 6.92 Å². The second kappa shape index (κ2) is 11.9. The Kier molecular flexibility index (Phi) is 9.09. The lowest BCUT2D eigenvalue weighted by atomic mass is 9.93. The summed E-state index contributed by atoms with van der Waals surface area (Å²) in [6.07, 6.45) is -2.95. The first-order chi connectivity index (χ1) is 17.9. The summed E-state index contributed by atoms with van der Waals surface area (Å²) in [7, 11) is -4.40. The molecule has 1 aliphatic rings. The molecular weight excluding hydrogens is 528 g/mol. The van der Waals surface area contributed by atoms with Gasteiger partial charge in [-0.1, -0.05) is 5.11 Å². The van der Waals surface area contributed by atoms with Gasteiger partial charge in [0.1, 0.15) is 35.1 Å². The standard InChI is InChI=1S/C21H27FN7O8P/c1-4-34-18(31)12(2)26-38(33,37-14-7-5-13(22)6-8-14)35-11-15-17(30)21(3,27-28-24)19(36-15)29-10-9-16(23)25-20(29)32/h5-10,12,15,17,19,30H,4,11H2,1-3H3,(H,26,33)(H2,23,25,32)/t12-,15+,17+,19+,21+,38?/m0/s1. The zero-order valence-electron chi connectivity index (χ0n) is 20.6. The van der Waals surface area contributed by atoms with E-state index in [-0.39, 0.29) is 18.2 Å². The van der Waals surface area contributed by atoms with E-state index < -0.39 is 61.8 Å². The van der Waals surface area contributed by atoms with Gasteiger partial charge in [-0.2, -0.15) is 10.1 Å². The number of halogens is 1. The number of aromatic nitrogens is 2. The van der Waals surface area contributed by atoms with Crippen LogP contribution in [0.25, 0.3) is 10.4 Å². The third-order valence-corrected chi connectivity index (χ3v) is 7.20. The molecule has 38 heavy (non-hydrogen) atoms. The number of nitrogens with one attached hydrogen (secondary N) is 1. The fraction of sp³-hybridized carbons (Fsp3) is 0.476. The van der Waals surface area contributed by atoms with Gasteiger partial charge in [-0.15, -0.1) is 0 Å². The Morgan fingerprint density at radius 2 is 2.13 bits per heavy atom. The maximum atomic E-state index is 13.6. The maximum Gasteiger partial charge on any atom is 0.459 e. The fourth-order valence-electron chi connectivity index (χ4n) is 3.64. The molecule has 1 aromatic carbocycles. The lowest BCUT2D eigenvalue weighted by molar-refractivity contribution is -0.144. The molecule has 0 spiro atoms. The van der Waals surface area contributed by atoms with Crippen molar-refractivity contribution in [1.29, 1.82) is 0 Å². The summed E-state index contributed by atoms with van der Waals surface area (Å²) in [6, 6.07) is 4.66. The fourth-order valence-corrected chi connectivity index (χ4v) is 5.14. The number of azide groups is 1. The quantitative estimate of drug-likeness (QED) is 0.120. The minimum absolute atomic E-state index is 0.0533. The number of hydrogen-bond donors (Lipinski definition) is 3. The number of hydrogen-bond acceptors (Lipinski definition) is 11. The number of ether oxygens (including phenoxy) is 2. The summed E-state index contributed by atoms with van der Waals surface area (Å²) in [6.45, 7) is 3.74. The molecule has 15 nitrogen and oxygen atoms in total. The van der Waals surface area contributed by atoms with Crippen molar-refractivity contribution in [2.24, 2.45) is 5.11 Å². The Balaban J connectivity index is 1.87. The van der Waals surface area contributed by atoms with Crippen LogP contribution in [0.4, 0.5) is 10.2 Å². The predicted molar refractivity (Wildman–Crippen MR) is 130 cm³/mol. The van der Waals surface area contributed by atoms with Crippen LogP contribution in [0.1, 0.15) is 27.0 Å². The summed E-state index contributed by atoms with van der Waals surface area (Å²) in [4.78, 5) is 30.9. The molecule has 6 atom stereocenters. The van der Waals surface area contributed by atoms with Crippen LogP contribution in [0.15, 0.2) is 46.4 Å². The van der Waals surface area contributed by atoms with Crippen molar-refractivity contribution in [1.82, 2.24) is 14.6 Å². The third-order valence-electron chi connectivity index (χ3n) is 5.56. The summed E-state index contributed by atoms with van der Waals surface area (Å²) in [5.41, 5.74) is 12.1. The van der Waals surface area contributed by atoms with Gasteiger partial charge in [-0.25, -0.2) is 13.8 Å². The Hall–Kier alpha value is -3.52. The van der Waals surface area contributed by atoms with Crippen LogP contribution < -0.4 is 21.0 Å². The van der Waals surface area contributed by atoms with Crippen LogP contribution in [0, 0.1) is 5.82 Å². The maximum absolute atomic E-state index is 13.6. The molecule has 4 N–H and O–H groups in total. The number of nitrogens with two attached hydrogens (primary N) is 1. The topological polar surface area (TPSA) is 213 Å². The average Bonchev–Trinajstić information content (AvgIpc) is 3.09. The molecule has 0 bridgehead atoms. The van der Waals surface area contributed by atoms with Crippen LogP contribution in [-0.2, 0) is 23.4 Å². The van der Waals surface area contributed by atoms with Gasteiger partial charge in [0.25, 0.3) is 0 Å². The normalized spacial score (nSPS) is 25.1. The smallest absolute Gasteiger partial charge is 0.459 e. The Morgan fingerprint density at radius 1 is 1.45 bits per heavy atom. The molecule has 0 saturated carbocycles. The van der Waals surface area contributed by atoms with E-state index in [0.717, 1.165) is 16.7 Å². The summed E-state index contributed by atoms with van der Waals surface area (Å²) < 4.78 is 49.6. The number of aliphatic hydroxyl groups excluding tert-OH is 1. The monoisotopic (exact) mass is 555 g/mol. The van der Waals surface area contributed by atoms with E-state index in [1.165, 1.54) is 38.2 Å². The highest BCUT2D eigenvalue weighted by Crippen LogP contribution is 2.47. The number of esters is 1. The van der Waals surface area contributed by atoms with Crippen molar-refractivity contribution < 1.29 is 37.4 Å². The molecule has 1 unspecified atom stereocenters. The summed E-state index contributed by atoms with van der Waals surface area (Å²) in [5.74, 6) is -1.43. The molecule has 0 aliphatic carbocycles. The van der Waals surface area contributed by atoms with Gasteiger partial charge in [0.2, 0.25) is 0 Å². The minimum Gasteiger partial charge on any atom is -0.465 e. The first-order valence-corrected chi connectivity index (χ1v) is 12.9. The van der Waals surface area contributed by atoms with Gasteiger partial charge in [-0.05, 0) is 56.6 Å².